The Kier molecular flexibility index (Phi) is 5.07. The van der Waals surface area contributed by atoms with E-state index in [2.05, 4.69) is 11.6 Å². The van der Waals surface area contributed by atoms with Crippen LogP contribution >= 0.6 is 0 Å². The Morgan fingerprint density at radius 3 is 2.42 bits per heavy atom. The minimum Gasteiger partial charge on any atom is -0.486 e. The third-order valence-corrected chi connectivity index (χ3v) is 3.95. The summed E-state index contributed by atoms with van der Waals surface area (Å²) in [4.78, 5) is 4.24. The highest BCUT2D eigenvalue weighted by atomic mass is 19.2. The fourth-order valence-electron chi connectivity index (χ4n) is 2.49. The molecular weight excluding hydrogens is 339 g/mol. The molecule has 0 atom stereocenters. The van der Waals surface area contributed by atoms with Gasteiger partial charge < -0.3 is 4.74 Å². The summed E-state index contributed by atoms with van der Waals surface area (Å²) < 4.78 is 47.2. The molecule has 1 heterocycles. The van der Waals surface area contributed by atoms with Crippen LogP contribution in [-0.4, -0.2) is 11.6 Å². The second-order valence-corrected chi connectivity index (χ2v) is 5.73. The molecule has 2 aromatic carbocycles. The van der Waals surface area contributed by atoms with E-state index in [1.54, 1.807) is 31.2 Å². The van der Waals surface area contributed by atoms with E-state index in [1.165, 1.54) is 30.5 Å². The van der Waals surface area contributed by atoms with Gasteiger partial charge in [0.2, 0.25) is 5.82 Å². The van der Waals surface area contributed by atoms with Gasteiger partial charge in [0, 0.05) is 22.9 Å². The molecule has 0 aliphatic heterocycles. The quantitative estimate of drug-likeness (QED) is 0.547. The molecule has 26 heavy (non-hydrogen) atoms. The topological polar surface area (TPSA) is 22.1 Å². The number of nitrogens with zero attached hydrogens (tertiary/aromatic N) is 1. The summed E-state index contributed by atoms with van der Waals surface area (Å²) in [6.07, 6.45) is 2.87. The Morgan fingerprint density at radius 2 is 1.77 bits per heavy atom. The molecule has 0 saturated carbocycles. The summed E-state index contributed by atoms with van der Waals surface area (Å²) in [7, 11) is 0. The zero-order chi connectivity index (χ0) is 18.7. The highest BCUT2D eigenvalue weighted by Crippen LogP contribution is 2.30. The second-order valence-electron chi connectivity index (χ2n) is 5.73. The minimum atomic E-state index is -1.06. The number of benzene rings is 2. The highest BCUT2D eigenvalue weighted by Gasteiger charge is 2.16. The van der Waals surface area contributed by atoms with E-state index in [0.29, 0.717) is 22.4 Å². The van der Waals surface area contributed by atoms with Crippen molar-refractivity contribution in [2.45, 2.75) is 6.92 Å². The average Bonchev–Trinajstić information content (AvgIpc) is 2.65. The third kappa shape index (κ3) is 3.47. The molecular formula is C21H16F3NO. The van der Waals surface area contributed by atoms with Crippen molar-refractivity contribution in [2.24, 2.45) is 0 Å². The molecule has 1 aromatic heterocycles. The first-order valence-electron chi connectivity index (χ1n) is 7.96. The van der Waals surface area contributed by atoms with Crippen LogP contribution in [0.25, 0.3) is 22.4 Å². The molecule has 0 spiro atoms. The fraction of sp³-hybridized carbons (Fsp3) is 0.0952. The molecule has 0 N–H and O–H groups in total. The number of hydrogen-bond donors (Lipinski definition) is 0. The van der Waals surface area contributed by atoms with Crippen molar-refractivity contribution in [2.75, 3.05) is 6.61 Å². The van der Waals surface area contributed by atoms with Crippen LogP contribution in [0.3, 0.4) is 0 Å². The predicted molar refractivity (Wildman–Crippen MR) is 95.4 cm³/mol. The number of rotatable bonds is 5. The lowest BCUT2D eigenvalue weighted by molar-refractivity contribution is 0.333. The van der Waals surface area contributed by atoms with E-state index in [9.17, 15) is 13.2 Å². The van der Waals surface area contributed by atoms with Crippen molar-refractivity contribution in [1.29, 1.82) is 0 Å². The first-order chi connectivity index (χ1) is 12.5. The standard InChI is InChI=1S/C21H16F3NO/c1-3-10-26-19-9-7-16(20(23)21(19)24)15-6-8-18(25-12-15)14-5-4-13(2)17(22)11-14/h3-9,11-12H,1,10H2,2H3. The second kappa shape index (κ2) is 7.44. The van der Waals surface area contributed by atoms with Crippen LogP contribution in [0, 0.1) is 24.4 Å². The molecule has 0 radical (unpaired) electrons. The Balaban J connectivity index is 1.92. The molecule has 132 valence electrons. The van der Waals surface area contributed by atoms with E-state index < -0.39 is 11.6 Å². The van der Waals surface area contributed by atoms with Crippen LogP contribution in [0.15, 0.2) is 61.3 Å². The van der Waals surface area contributed by atoms with Gasteiger partial charge in [-0.1, -0.05) is 30.9 Å². The number of aromatic nitrogens is 1. The Labute approximate surface area is 149 Å². The van der Waals surface area contributed by atoms with Crippen LogP contribution in [0.5, 0.6) is 5.75 Å². The van der Waals surface area contributed by atoms with Crippen molar-refractivity contribution >= 4 is 0 Å². The van der Waals surface area contributed by atoms with Crippen molar-refractivity contribution in [1.82, 2.24) is 4.98 Å². The van der Waals surface area contributed by atoms with Crippen LogP contribution in [-0.2, 0) is 0 Å². The Bertz CT molecular complexity index is 952. The summed E-state index contributed by atoms with van der Waals surface area (Å²) in [6.45, 7) is 5.22. The molecule has 0 fully saturated rings. The summed E-state index contributed by atoms with van der Waals surface area (Å²) in [5.41, 5.74) is 2.18. The third-order valence-electron chi connectivity index (χ3n) is 3.95. The monoisotopic (exact) mass is 355 g/mol. The highest BCUT2D eigenvalue weighted by molar-refractivity contribution is 5.68. The van der Waals surface area contributed by atoms with Gasteiger partial charge in [0.1, 0.15) is 12.4 Å². The van der Waals surface area contributed by atoms with Crippen LogP contribution in [0.2, 0.25) is 0 Å². The fourth-order valence-corrected chi connectivity index (χ4v) is 2.49. The molecule has 0 saturated heterocycles. The Morgan fingerprint density at radius 1 is 1.00 bits per heavy atom. The lowest BCUT2D eigenvalue weighted by Crippen LogP contribution is -1.99. The molecule has 0 aliphatic rings. The zero-order valence-corrected chi connectivity index (χ0v) is 14.1. The first-order valence-corrected chi connectivity index (χ1v) is 7.96. The smallest absolute Gasteiger partial charge is 0.201 e. The van der Waals surface area contributed by atoms with Gasteiger partial charge in [-0.3, -0.25) is 4.98 Å². The summed E-state index contributed by atoms with van der Waals surface area (Å²) in [6, 6.07) is 10.9. The number of aryl methyl sites for hydroxylation is 1. The van der Waals surface area contributed by atoms with E-state index in [0.717, 1.165) is 0 Å². The molecule has 5 heteroatoms. The number of halogens is 3. The lowest BCUT2D eigenvalue weighted by atomic mass is 10.0. The van der Waals surface area contributed by atoms with Gasteiger partial charge in [0.05, 0.1) is 5.69 Å². The number of hydrogen-bond acceptors (Lipinski definition) is 2. The SMILES string of the molecule is C=CCOc1ccc(-c2ccc(-c3ccc(C)c(F)c3)nc2)c(F)c1F. The van der Waals surface area contributed by atoms with Gasteiger partial charge in [-0.2, -0.15) is 4.39 Å². The molecule has 0 amide bonds. The summed E-state index contributed by atoms with van der Waals surface area (Å²) in [5, 5.41) is 0. The largest absolute Gasteiger partial charge is 0.486 e. The van der Waals surface area contributed by atoms with Gasteiger partial charge in [-0.05, 0) is 36.8 Å². The minimum absolute atomic E-state index is 0.0718. The van der Waals surface area contributed by atoms with Crippen LogP contribution < -0.4 is 4.74 Å². The summed E-state index contributed by atoms with van der Waals surface area (Å²) in [5.74, 6) is -2.57. The van der Waals surface area contributed by atoms with Crippen molar-refractivity contribution in [3.63, 3.8) is 0 Å². The van der Waals surface area contributed by atoms with Gasteiger partial charge >= 0.3 is 0 Å². The maximum Gasteiger partial charge on any atom is 0.201 e. The molecule has 0 aliphatic carbocycles. The van der Waals surface area contributed by atoms with Gasteiger partial charge in [0.25, 0.3) is 0 Å². The van der Waals surface area contributed by atoms with Crippen molar-refractivity contribution in [3.05, 3.63) is 84.3 Å². The first kappa shape index (κ1) is 17.7. The number of pyridine rings is 1. The molecule has 3 aromatic rings. The average molecular weight is 355 g/mol. The summed E-state index contributed by atoms with van der Waals surface area (Å²) >= 11 is 0. The van der Waals surface area contributed by atoms with Gasteiger partial charge in [0.15, 0.2) is 11.6 Å². The van der Waals surface area contributed by atoms with Crippen molar-refractivity contribution in [3.8, 4) is 28.1 Å². The zero-order valence-electron chi connectivity index (χ0n) is 14.1. The molecule has 2 nitrogen and oxygen atoms in total. The van der Waals surface area contributed by atoms with Crippen molar-refractivity contribution < 1.29 is 17.9 Å². The van der Waals surface area contributed by atoms with E-state index in [1.807, 2.05) is 0 Å². The molecule has 3 rings (SSSR count). The lowest BCUT2D eigenvalue weighted by Gasteiger charge is -2.10. The van der Waals surface area contributed by atoms with Gasteiger partial charge in [-0.15, -0.1) is 0 Å². The Hall–Kier alpha value is -3.08. The molecule has 0 bridgehead atoms. The maximum absolute atomic E-state index is 14.3. The number of ether oxygens (including phenoxy) is 1. The van der Waals surface area contributed by atoms with Crippen LogP contribution in [0.1, 0.15) is 5.56 Å². The molecule has 0 unspecified atom stereocenters. The van der Waals surface area contributed by atoms with E-state index in [4.69, 9.17) is 4.74 Å². The van der Waals surface area contributed by atoms with E-state index in [-0.39, 0.29) is 23.7 Å². The normalized spacial score (nSPS) is 10.6. The van der Waals surface area contributed by atoms with E-state index >= 15 is 0 Å². The van der Waals surface area contributed by atoms with Crippen LogP contribution in [0.4, 0.5) is 13.2 Å². The maximum atomic E-state index is 14.3. The predicted octanol–water partition coefficient (Wildman–Crippen LogP) is 5.71. The van der Waals surface area contributed by atoms with Gasteiger partial charge in [-0.25, -0.2) is 8.78 Å².